The molecule has 2 aliphatic rings. The van der Waals surface area contributed by atoms with Crippen LogP contribution in [-0.2, 0) is 23.4 Å². The third kappa shape index (κ3) is 3.29. The number of hydrogen-bond donors (Lipinski definition) is 0. The fourth-order valence-electron chi connectivity index (χ4n) is 5.88. The first-order valence-corrected chi connectivity index (χ1v) is 12.7. The summed E-state index contributed by atoms with van der Waals surface area (Å²) in [5.41, 5.74) is -0.224. The number of nitrogens with zero attached hydrogens (tertiary/aromatic N) is 2. The largest absolute Gasteiger partial charge is 0.450 e. The summed E-state index contributed by atoms with van der Waals surface area (Å²) in [6.07, 6.45) is 0. The van der Waals surface area contributed by atoms with E-state index in [9.17, 15) is 23.2 Å². The van der Waals surface area contributed by atoms with Gasteiger partial charge >= 0.3 is 0 Å². The molecule has 0 N–H and O–H groups in total. The van der Waals surface area contributed by atoms with Crippen LogP contribution < -0.4 is 10.3 Å². The highest BCUT2D eigenvalue weighted by atomic mass is 19.1. The Bertz CT molecular complexity index is 1900. The number of halogens is 2. The van der Waals surface area contributed by atoms with Crippen LogP contribution >= 0.6 is 0 Å². The Morgan fingerprint density at radius 2 is 1.40 bits per heavy atom. The summed E-state index contributed by atoms with van der Waals surface area (Å²) in [6, 6.07) is 25.4. The fourth-order valence-corrected chi connectivity index (χ4v) is 5.88. The topological polar surface area (TPSA) is 70.8 Å². The highest BCUT2D eigenvalue weighted by Crippen LogP contribution is 2.53. The number of fused-ring (bicyclic) bond motifs is 5. The van der Waals surface area contributed by atoms with Crippen molar-refractivity contribution in [3.05, 3.63) is 147 Å². The van der Waals surface area contributed by atoms with E-state index in [1.807, 2.05) is 30.3 Å². The summed E-state index contributed by atoms with van der Waals surface area (Å²) in [7, 11) is 0. The summed E-state index contributed by atoms with van der Waals surface area (Å²) in [6.45, 7) is 0.0899. The molecule has 196 valence electrons. The van der Waals surface area contributed by atoms with E-state index in [1.165, 1.54) is 28.0 Å². The van der Waals surface area contributed by atoms with E-state index in [2.05, 4.69) is 0 Å². The molecular weight excluding hydrogens is 514 g/mol. The minimum atomic E-state index is -1.85. The maximum absolute atomic E-state index is 14.7. The molecule has 4 aromatic carbocycles. The van der Waals surface area contributed by atoms with Gasteiger partial charge in [0.25, 0.3) is 11.8 Å². The third-order valence-corrected chi connectivity index (χ3v) is 7.64. The first kappa shape index (κ1) is 24.0. The van der Waals surface area contributed by atoms with Crippen LogP contribution in [0.2, 0.25) is 0 Å². The minimum Gasteiger partial charge on any atom is -0.450 e. The number of hydrogen-bond acceptors (Lipinski definition) is 4. The number of carbonyl (C=O) groups excluding carboxylic acids is 2. The van der Waals surface area contributed by atoms with Gasteiger partial charge in [-0.05, 0) is 47.5 Å². The van der Waals surface area contributed by atoms with Crippen LogP contribution in [0, 0.1) is 11.6 Å². The maximum Gasteiger partial charge on any atom is 0.291 e. The second-order valence-electron chi connectivity index (χ2n) is 9.90. The van der Waals surface area contributed by atoms with Gasteiger partial charge in [-0.1, -0.05) is 60.7 Å². The van der Waals surface area contributed by atoms with Crippen molar-refractivity contribution in [3.63, 3.8) is 0 Å². The minimum absolute atomic E-state index is 0.0124. The number of rotatable bonds is 4. The molecule has 3 heterocycles. The van der Waals surface area contributed by atoms with E-state index in [1.54, 1.807) is 36.4 Å². The SMILES string of the molecule is O=C1c2oc3ccc(F)cc3c(=O)c2C2(C(=O)N(Cc3ccc(F)cc3)c3ccccc32)N1Cc1ccccc1. The van der Waals surface area contributed by atoms with Crippen molar-refractivity contribution in [1.29, 1.82) is 0 Å². The van der Waals surface area contributed by atoms with Crippen molar-refractivity contribution >= 4 is 28.5 Å². The molecule has 2 aliphatic heterocycles. The van der Waals surface area contributed by atoms with E-state index < -0.39 is 34.4 Å². The van der Waals surface area contributed by atoms with Gasteiger partial charge in [0.05, 0.1) is 23.2 Å². The van der Waals surface area contributed by atoms with Crippen molar-refractivity contribution in [1.82, 2.24) is 4.90 Å². The van der Waals surface area contributed by atoms with Gasteiger partial charge in [0.15, 0.2) is 11.0 Å². The van der Waals surface area contributed by atoms with Gasteiger partial charge in [0, 0.05) is 12.1 Å². The predicted molar refractivity (Wildman–Crippen MR) is 144 cm³/mol. The Labute approximate surface area is 226 Å². The zero-order valence-corrected chi connectivity index (χ0v) is 20.9. The Morgan fingerprint density at radius 1 is 0.725 bits per heavy atom. The van der Waals surface area contributed by atoms with Crippen LogP contribution in [0.1, 0.15) is 32.8 Å². The normalized spacial score (nSPS) is 17.6. The third-order valence-electron chi connectivity index (χ3n) is 7.64. The maximum atomic E-state index is 14.7. The van der Waals surface area contributed by atoms with Crippen molar-refractivity contribution in [3.8, 4) is 0 Å². The van der Waals surface area contributed by atoms with Crippen LogP contribution in [0.4, 0.5) is 14.5 Å². The highest BCUT2D eigenvalue weighted by molar-refractivity contribution is 6.17. The molecule has 1 unspecified atom stereocenters. The van der Waals surface area contributed by atoms with Gasteiger partial charge in [-0.2, -0.15) is 0 Å². The molecule has 1 spiro atoms. The first-order chi connectivity index (χ1) is 19.4. The molecule has 7 rings (SSSR count). The Balaban J connectivity index is 1.51. The van der Waals surface area contributed by atoms with Crippen molar-refractivity contribution < 1.29 is 22.8 Å². The van der Waals surface area contributed by atoms with Crippen LogP contribution in [0.5, 0.6) is 0 Å². The summed E-state index contributed by atoms with van der Waals surface area (Å²) < 4.78 is 33.9. The lowest BCUT2D eigenvalue weighted by atomic mass is 9.83. The van der Waals surface area contributed by atoms with Crippen molar-refractivity contribution in [2.45, 2.75) is 18.6 Å². The lowest BCUT2D eigenvalue weighted by molar-refractivity contribution is -0.126. The summed E-state index contributed by atoms with van der Waals surface area (Å²) >= 11 is 0. The second-order valence-corrected chi connectivity index (χ2v) is 9.90. The molecule has 0 aliphatic carbocycles. The van der Waals surface area contributed by atoms with Crippen molar-refractivity contribution in [2.75, 3.05) is 4.90 Å². The van der Waals surface area contributed by atoms with Gasteiger partial charge < -0.3 is 14.2 Å². The Hall–Kier alpha value is -5.11. The molecular formula is C32H20F2N2O4. The van der Waals surface area contributed by atoms with Gasteiger partial charge in [0.2, 0.25) is 5.76 Å². The van der Waals surface area contributed by atoms with Crippen LogP contribution in [0.3, 0.4) is 0 Å². The van der Waals surface area contributed by atoms with Gasteiger partial charge in [-0.15, -0.1) is 0 Å². The van der Waals surface area contributed by atoms with E-state index in [0.717, 1.165) is 17.7 Å². The highest BCUT2D eigenvalue weighted by Gasteiger charge is 2.64. The smallest absolute Gasteiger partial charge is 0.291 e. The molecule has 0 radical (unpaired) electrons. The predicted octanol–water partition coefficient (Wildman–Crippen LogP) is 5.52. The lowest BCUT2D eigenvalue weighted by Gasteiger charge is -2.34. The first-order valence-electron chi connectivity index (χ1n) is 12.7. The molecule has 5 aromatic rings. The number of benzene rings is 4. The molecule has 0 fully saturated rings. The average molecular weight is 535 g/mol. The van der Waals surface area contributed by atoms with Gasteiger partial charge in [-0.3, -0.25) is 14.4 Å². The number of amides is 2. The quantitative estimate of drug-likeness (QED) is 0.305. The van der Waals surface area contributed by atoms with Crippen LogP contribution in [-0.4, -0.2) is 16.7 Å². The van der Waals surface area contributed by atoms with E-state index in [4.69, 9.17) is 4.42 Å². The number of anilines is 1. The number of para-hydroxylation sites is 1. The van der Waals surface area contributed by atoms with E-state index in [0.29, 0.717) is 16.8 Å². The molecule has 0 saturated carbocycles. The summed E-state index contributed by atoms with van der Waals surface area (Å²) in [4.78, 5) is 45.8. The molecule has 2 amide bonds. The van der Waals surface area contributed by atoms with Crippen LogP contribution in [0.25, 0.3) is 11.0 Å². The molecule has 0 saturated heterocycles. The average Bonchev–Trinajstić information content (AvgIpc) is 3.35. The summed E-state index contributed by atoms with van der Waals surface area (Å²) in [5, 5.41) is -0.0604. The Kier molecular flexibility index (Phi) is 5.22. The lowest BCUT2D eigenvalue weighted by Crippen LogP contribution is -2.52. The summed E-state index contributed by atoms with van der Waals surface area (Å²) in [5.74, 6) is -2.44. The second kappa shape index (κ2) is 8.71. The molecule has 1 atom stereocenters. The molecule has 1 aromatic heterocycles. The molecule has 8 heteroatoms. The van der Waals surface area contributed by atoms with E-state index >= 15 is 0 Å². The van der Waals surface area contributed by atoms with Crippen molar-refractivity contribution in [2.24, 2.45) is 0 Å². The zero-order chi connectivity index (χ0) is 27.6. The Morgan fingerprint density at radius 3 is 2.17 bits per heavy atom. The molecule has 6 nitrogen and oxygen atoms in total. The van der Waals surface area contributed by atoms with Crippen LogP contribution in [0.15, 0.2) is 106 Å². The fraction of sp³-hybridized carbons (Fsp3) is 0.0938. The van der Waals surface area contributed by atoms with E-state index in [-0.39, 0.29) is 35.4 Å². The van der Waals surface area contributed by atoms with Gasteiger partial charge in [0.1, 0.15) is 17.2 Å². The molecule has 40 heavy (non-hydrogen) atoms. The zero-order valence-electron chi connectivity index (χ0n) is 20.9. The molecule has 0 bridgehead atoms. The monoisotopic (exact) mass is 534 g/mol. The standard InChI is InChI=1S/C32H20F2N2O4/c33-21-12-10-20(11-13-21)17-35-25-9-5-4-8-24(25)32(31(35)39)27-28(37)23-16-22(34)14-15-26(23)40-29(27)30(38)36(32)18-19-6-2-1-3-7-19/h1-16H,17-18H2. The van der Waals surface area contributed by atoms with Gasteiger partial charge in [-0.25, -0.2) is 8.78 Å². The number of carbonyl (C=O) groups is 2.